The van der Waals surface area contributed by atoms with Gasteiger partial charge >= 0.3 is 0 Å². The minimum atomic E-state index is -2.65. The molecule has 0 aliphatic rings. The summed E-state index contributed by atoms with van der Waals surface area (Å²) < 4.78 is 79.0. The van der Waals surface area contributed by atoms with Gasteiger partial charge in [-0.25, -0.2) is 9.55 Å². The first-order valence-electron chi connectivity index (χ1n) is 13.4. The van der Waals surface area contributed by atoms with Crippen molar-refractivity contribution in [3.63, 3.8) is 0 Å². The predicted molar refractivity (Wildman–Crippen MR) is 115 cm³/mol. The number of aromatic nitrogens is 2. The Labute approximate surface area is 176 Å². The average molecular weight is 377 g/mol. The summed E-state index contributed by atoms with van der Waals surface area (Å²) in [5, 5.41) is 1.25. The van der Waals surface area contributed by atoms with Gasteiger partial charge in [-0.3, -0.25) is 0 Å². The maximum Gasteiger partial charge on any atom is 0.216 e. The summed E-state index contributed by atoms with van der Waals surface area (Å²) in [5.74, 6) is 0. The molecular weight excluding hydrogens is 344 g/mol. The molecule has 0 unspecified atom stereocenters. The van der Waals surface area contributed by atoms with Crippen molar-refractivity contribution in [2.75, 3.05) is 0 Å². The molecule has 138 valence electrons. The highest BCUT2D eigenvalue weighted by atomic mass is 16.3. The van der Waals surface area contributed by atoms with Crippen LogP contribution < -0.4 is 4.57 Å². The zero-order valence-corrected chi connectivity index (χ0v) is 15.4. The Balaban J connectivity index is 1.86. The quantitative estimate of drug-likeness (QED) is 0.343. The second-order valence-electron chi connectivity index (χ2n) is 7.05. The zero-order valence-electron chi connectivity index (χ0n) is 24.4. The lowest BCUT2D eigenvalue weighted by Gasteiger charge is -2.07. The first kappa shape index (κ1) is 9.83. The van der Waals surface area contributed by atoms with Gasteiger partial charge in [0.25, 0.3) is 0 Å². The largest absolute Gasteiger partial charge is 0.453 e. The molecule has 0 N–H and O–H groups in total. The van der Waals surface area contributed by atoms with Crippen molar-refractivity contribution in [2.24, 2.45) is 7.05 Å². The molecule has 28 heavy (non-hydrogen) atoms. The zero-order chi connectivity index (χ0) is 27.1. The molecule has 0 aliphatic heterocycles. The van der Waals surface area contributed by atoms with Crippen LogP contribution in [0.25, 0.3) is 44.2 Å². The Hall–Kier alpha value is -3.20. The Morgan fingerprint density at radius 2 is 1.79 bits per heavy atom. The number of nitrogens with zero attached hydrogens (tertiary/aromatic N) is 2. The number of furan rings is 1. The standard InChI is InChI=1S/C25H23N2O/c1-14-9-10-19-24-21(12-18-8-6-7-15(2)23(18)26-24)28-25(19)22(14)20-11-16(3)17(4)13-27(20)5/h6-13H,1-5H3/q+1/i2D3,3D3,4D3. The monoisotopic (exact) mass is 376 g/mol. The van der Waals surface area contributed by atoms with Crippen molar-refractivity contribution >= 4 is 33.0 Å². The van der Waals surface area contributed by atoms with Crippen LogP contribution in [0.4, 0.5) is 0 Å². The van der Waals surface area contributed by atoms with Crippen LogP contribution in [0.1, 0.15) is 34.6 Å². The van der Waals surface area contributed by atoms with Crippen molar-refractivity contribution < 1.29 is 21.3 Å². The molecule has 0 bridgehead atoms. The highest BCUT2D eigenvalue weighted by Gasteiger charge is 2.22. The highest BCUT2D eigenvalue weighted by Crippen LogP contribution is 2.37. The van der Waals surface area contributed by atoms with Gasteiger partial charge in [-0.2, -0.15) is 0 Å². The fraction of sp³-hybridized carbons (Fsp3) is 0.200. The summed E-state index contributed by atoms with van der Waals surface area (Å²) >= 11 is 0. The molecule has 0 aliphatic carbocycles. The van der Waals surface area contributed by atoms with E-state index in [1.807, 2.05) is 19.1 Å². The molecule has 3 aromatic heterocycles. The molecule has 0 spiro atoms. The van der Waals surface area contributed by atoms with Gasteiger partial charge in [0.15, 0.2) is 17.4 Å². The summed E-state index contributed by atoms with van der Waals surface area (Å²) in [4.78, 5) is 4.70. The molecule has 3 heteroatoms. The smallest absolute Gasteiger partial charge is 0.216 e. The molecular formula is C25H23N2O+. The van der Waals surface area contributed by atoms with Crippen LogP contribution >= 0.6 is 0 Å². The topological polar surface area (TPSA) is 29.9 Å². The van der Waals surface area contributed by atoms with E-state index in [0.29, 0.717) is 44.2 Å². The summed E-state index contributed by atoms with van der Waals surface area (Å²) in [7, 11) is 1.66. The van der Waals surface area contributed by atoms with Gasteiger partial charge in [-0.05, 0) is 56.3 Å². The number of hydrogen-bond donors (Lipinski definition) is 0. The lowest BCUT2D eigenvalue weighted by Crippen LogP contribution is -2.31. The molecule has 0 saturated carbocycles. The predicted octanol–water partition coefficient (Wildman–Crippen LogP) is 5.86. The SMILES string of the molecule is [2H]C([2H])([2H])c1cc(-c2c(C)ccc3c2oc2cc4cccc(C([2H])([2H])[2H])c4nc23)[n+](C)cc1C([2H])([2H])[2H]. The van der Waals surface area contributed by atoms with E-state index in [1.165, 1.54) is 18.3 Å². The van der Waals surface area contributed by atoms with E-state index in [4.69, 9.17) is 21.7 Å². The molecule has 3 nitrogen and oxygen atoms in total. The fourth-order valence-corrected chi connectivity index (χ4v) is 3.75. The van der Waals surface area contributed by atoms with Gasteiger partial charge in [-0.1, -0.05) is 24.3 Å². The van der Waals surface area contributed by atoms with Crippen LogP contribution in [-0.2, 0) is 7.05 Å². The van der Waals surface area contributed by atoms with Crippen molar-refractivity contribution in [2.45, 2.75) is 27.5 Å². The lowest BCUT2D eigenvalue weighted by molar-refractivity contribution is -0.660. The number of rotatable bonds is 1. The van der Waals surface area contributed by atoms with Crippen LogP contribution in [0.15, 0.2) is 53.1 Å². The maximum atomic E-state index is 7.98. The number of hydrogen-bond acceptors (Lipinski definition) is 2. The summed E-state index contributed by atoms with van der Waals surface area (Å²) in [6.45, 7) is -5.74. The molecule has 5 rings (SSSR count). The van der Waals surface area contributed by atoms with Crippen molar-refractivity contribution in [1.82, 2.24) is 4.98 Å². The molecule has 0 amide bonds. The molecule has 0 saturated heterocycles. The number of aryl methyl sites for hydroxylation is 5. The van der Waals surface area contributed by atoms with Crippen molar-refractivity contribution in [3.8, 4) is 11.3 Å². The Morgan fingerprint density at radius 3 is 2.61 bits per heavy atom. The number of benzene rings is 2. The second kappa shape index (κ2) is 5.90. The minimum Gasteiger partial charge on any atom is -0.453 e. The first-order chi connectivity index (χ1) is 17.1. The van der Waals surface area contributed by atoms with E-state index in [1.54, 1.807) is 29.8 Å². The van der Waals surface area contributed by atoms with E-state index in [2.05, 4.69) is 0 Å². The number of fused-ring (bicyclic) bond motifs is 4. The minimum absolute atomic E-state index is 0.141. The van der Waals surface area contributed by atoms with Crippen molar-refractivity contribution in [1.29, 1.82) is 0 Å². The van der Waals surface area contributed by atoms with Gasteiger partial charge < -0.3 is 4.42 Å². The second-order valence-corrected chi connectivity index (χ2v) is 7.05. The van der Waals surface area contributed by atoms with Crippen LogP contribution in [0.2, 0.25) is 0 Å². The van der Waals surface area contributed by atoms with Crippen molar-refractivity contribution in [3.05, 3.63) is 70.9 Å². The third kappa shape index (κ3) is 2.36. The van der Waals surface area contributed by atoms with Crippen LogP contribution in [0, 0.1) is 27.5 Å². The van der Waals surface area contributed by atoms with Gasteiger partial charge in [0.2, 0.25) is 5.69 Å². The average Bonchev–Trinajstić information content (AvgIpc) is 3.12. The summed E-state index contributed by atoms with van der Waals surface area (Å²) in [5.41, 5.74) is 3.25. The van der Waals surface area contributed by atoms with Gasteiger partial charge in [0.05, 0.1) is 11.1 Å². The fourth-order valence-electron chi connectivity index (χ4n) is 3.75. The highest BCUT2D eigenvalue weighted by molar-refractivity contribution is 6.10. The Morgan fingerprint density at radius 1 is 0.929 bits per heavy atom. The number of pyridine rings is 2. The molecule has 0 radical (unpaired) electrons. The molecule has 0 atom stereocenters. The van der Waals surface area contributed by atoms with Crippen LogP contribution in [0.3, 0.4) is 0 Å². The van der Waals surface area contributed by atoms with E-state index in [9.17, 15) is 0 Å². The molecule has 3 heterocycles. The van der Waals surface area contributed by atoms with Gasteiger partial charge in [0, 0.05) is 34.7 Å². The first-order valence-corrected chi connectivity index (χ1v) is 8.88. The Bertz CT molecular complexity index is 1710. The van der Waals surface area contributed by atoms with E-state index >= 15 is 0 Å². The molecule has 5 aromatic rings. The van der Waals surface area contributed by atoms with E-state index in [0.717, 1.165) is 5.56 Å². The van der Waals surface area contributed by atoms with E-state index < -0.39 is 20.6 Å². The van der Waals surface area contributed by atoms with Gasteiger partial charge in [-0.15, -0.1) is 0 Å². The van der Waals surface area contributed by atoms with E-state index in [-0.39, 0.29) is 16.7 Å². The van der Waals surface area contributed by atoms with Crippen LogP contribution in [0.5, 0.6) is 0 Å². The normalized spacial score (nSPS) is 17.9. The Kier molecular flexibility index (Phi) is 2.07. The third-order valence-electron chi connectivity index (χ3n) is 5.17. The molecule has 0 fully saturated rings. The van der Waals surface area contributed by atoms with Gasteiger partial charge in [0.1, 0.15) is 12.6 Å². The summed E-state index contributed by atoms with van der Waals surface area (Å²) in [6, 6.07) is 11.8. The maximum absolute atomic E-state index is 7.98. The molecule has 2 aromatic carbocycles. The summed E-state index contributed by atoms with van der Waals surface area (Å²) in [6.07, 6.45) is 1.33. The third-order valence-corrected chi connectivity index (χ3v) is 5.17. The van der Waals surface area contributed by atoms with Crippen LogP contribution in [-0.4, -0.2) is 4.98 Å². The lowest BCUT2D eigenvalue weighted by atomic mass is 9.99. The number of para-hydroxylation sites is 1.